The van der Waals surface area contributed by atoms with Crippen molar-refractivity contribution in [2.75, 3.05) is 11.9 Å². The Kier molecular flexibility index (Phi) is 12.8. The molecule has 0 saturated carbocycles. The molecule has 10 heteroatoms. The van der Waals surface area contributed by atoms with E-state index in [4.69, 9.17) is 11.5 Å². The number of amides is 5. The van der Waals surface area contributed by atoms with E-state index in [9.17, 15) is 24.3 Å². The first kappa shape index (κ1) is 29.9. The molecule has 10 nitrogen and oxygen atoms in total. The second-order valence-electron chi connectivity index (χ2n) is 9.21. The van der Waals surface area contributed by atoms with E-state index in [1.54, 1.807) is 25.1 Å². The number of urea groups is 1. The average Bonchev–Trinajstić information content (AvgIpc) is 2.78. The van der Waals surface area contributed by atoms with Crippen LogP contribution in [-0.2, 0) is 21.0 Å². The number of aliphatic hydroxyl groups excluding tert-OH is 1. The first-order valence-corrected chi connectivity index (χ1v) is 12.2. The van der Waals surface area contributed by atoms with Crippen LogP contribution in [0.5, 0.6) is 0 Å². The molecule has 0 spiro atoms. The molecule has 1 unspecified atom stereocenters. The summed E-state index contributed by atoms with van der Waals surface area (Å²) in [5, 5.41) is 17.4. The van der Waals surface area contributed by atoms with E-state index in [-0.39, 0.29) is 25.5 Å². The topological polar surface area (TPSA) is 177 Å². The fraction of sp³-hybridized carbons (Fsp3) is 0.600. The predicted octanol–water partition coefficient (Wildman–Crippen LogP) is 1.92. The number of carbonyl (C=O) groups is 4. The number of benzene rings is 1. The second kappa shape index (κ2) is 15.0. The fourth-order valence-electron chi connectivity index (χ4n) is 4.11. The van der Waals surface area contributed by atoms with E-state index in [1.165, 1.54) is 0 Å². The van der Waals surface area contributed by atoms with Gasteiger partial charge in [-0.25, -0.2) is 4.79 Å². The molecule has 1 rings (SSSR count). The van der Waals surface area contributed by atoms with Crippen molar-refractivity contribution in [3.8, 4) is 0 Å². The van der Waals surface area contributed by atoms with Crippen molar-refractivity contribution in [3.63, 3.8) is 0 Å². The summed E-state index contributed by atoms with van der Waals surface area (Å²) in [6.07, 6.45) is 2.76. The highest BCUT2D eigenvalue weighted by Gasteiger charge is 2.36. The van der Waals surface area contributed by atoms with E-state index < -0.39 is 41.6 Å². The molecule has 1 aromatic rings. The molecule has 3 atom stereocenters. The minimum Gasteiger partial charge on any atom is -0.392 e. The molecule has 0 radical (unpaired) electrons. The number of carbonyl (C=O) groups excluding carboxylic acids is 4. The van der Waals surface area contributed by atoms with Crippen molar-refractivity contribution in [2.24, 2.45) is 29.2 Å². The Balaban J connectivity index is 3.10. The summed E-state index contributed by atoms with van der Waals surface area (Å²) in [6, 6.07) is 3.58. The number of anilines is 1. The van der Waals surface area contributed by atoms with Crippen LogP contribution in [0, 0.1) is 24.7 Å². The Morgan fingerprint density at radius 3 is 2.23 bits per heavy atom. The van der Waals surface area contributed by atoms with Gasteiger partial charge in [-0.3, -0.25) is 14.4 Å². The lowest BCUT2D eigenvalue weighted by Gasteiger charge is -2.29. The summed E-state index contributed by atoms with van der Waals surface area (Å²) in [5.41, 5.74) is 12.8. The van der Waals surface area contributed by atoms with Gasteiger partial charge in [0.25, 0.3) is 0 Å². The number of hydrogen-bond donors (Lipinski definition) is 6. The third-order valence-electron chi connectivity index (χ3n) is 6.02. The van der Waals surface area contributed by atoms with E-state index in [2.05, 4.69) is 16.0 Å². The third kappa shape index (κ3) is 9.94. The average molecular weight is 492 g/mol. The van der Waals surface area contributed by atoms with Crippen molar-refractivity contribution in [1.82, 2.24) is 10.6 Å². The number of nitrogens with one attached hydrogen (secondary N) is 3. The summed E-state index contributed by atoms with van der Waals surface area (Å²) < 4.78 is 0. The number of hydrogen-bond acceptors (Lipinski definition) is 5. The molecule has 0 aliphatic carbocycles. The van der Waals surface area contributed by atoms with Crippen molar-refractivity contribution in [1.29, 1.82) is 0 Å². The second-order valence-corrected chi connectivity index (χ2v) is 9.21. The summed E-state index contributed by atoms with van der Waals surface area (Å²) in [4.78, 5) is 49.7. The van der Waals surface area contributed by atoms with Crippen LogP contribution in [0.1, 0.15) is 64.0 Å². The maximum atomic E-state index is 13.3. The highest BCUT2D eigenvalue weighted by atomic mass is 16.3. The lowest BCUT2D eigenvalue weighted by atomic mass is 9.79. The van der Waals surface area contributed by atoms with Crippen LogP contribution < -0.4 is 27.4 Å². The molecule has 1 aromatic carbocycles. The normalized spacial score (nSPS) is 13.5. The number of aryl methyl sites for hydroxylation is 1. The molecule has 8 N–H and O–H groups in total. The zero-order valence-electron chi connectivity index (χ0n) is 21.2. The van der Waals surface area contributed by atoms with Crippen LogP contribution in [0.3, 0.4) is 0 Å². The Hall–Kier alpha value is -3.14. The van der Waals surface area contributed by atoms with Gasteiger partial charge in [0, 0.05) is 18.2 Å². The Morgan fingerprint density at radius 1 is 1.03 bits per heavy atom. The first-order valence-electron chi connectivity index (χ1n) is 12.2. The highest BCUT2D eigenvalue weighted by molar-refractivity contribution is 5.98. The van der Waals surface area contributed by atoms with Gasteiger partial charge in [-0.05, 0) is 49.3 Å². The van der Waals surface area contributed by atoms with Crippen LogP contribution in [0.25, 0.3) is 0 Å². The van der Waals surface area contributed by atoms with E-state index >= 15 is 0 Å². The maximum absolute atomic E-state index is 13.3. The molecule has 0 aromatic heterocycles. The minimum absolute atomic E-state index is 0.115. The summed E-state index contributed by atoms with van der Waals surface area (Å²) in [7, 11) is 0. The lowest BCUT2D eigenvalue weighted by molar-refractivity contribution is -0.137. The van der Waals surface area contributed by atoms with Gasteiger partial charge in [0.1, 0.15) is 6.04 Å². The van der Waals surface area contributed by atoms with Crippen LogP contribution in [0.4, 0.5) is 10.5 Å². The molecule has 0 saturated heterocycles. The Morgan fingerprint density at radius 2 is 1.71 bits per heavy atom. The molecule has 0 aliphatic heterocycles. The molecule has 0 heterocycles. The molecule has 5 amide bonds. The van der Waals surface area contributed by atoms with Gasteiger partial charge in [0.05, 0.1) is 12.5 Å². The molecule has 0 fully saturated rings. The fourth-order valence-corrected chi connectivity index (χ4v) is 4.11. The van der Waals surface area contributed by atoms with Crippen LogP contribution in [0.15, 0.2) is 18.2 Å². The summed E-state index contributed by atoms with van der Waals surface area (Å²) >= 11 is 0. The lowest BCUT2D eigenvalue weighted by Crippen LogP contribution is -2.50. The largest absolute Gasteiger partial charge is 0.392 e. The zero-order chi connectivity index (χ0) is 26.5. The minimum atomic E-state index is -0.907. The Labute approximate surface area is 207 Å². The van der Waals surface area contributed by atoms with Crippen molar-refractivity contribution in [2.45, 2.75) is 72.4 Å². The summed E-state index contributed by atoms with van der Waals surface area (Å²) in [5.74, 6) is -2.84. The van der Waals surface area contributed by atoms with E-state index in [1.807, 2.05) is 20.8 Å². The van der Waals surface area contributed by atoms with Gasteiger partial charge in [-0.2, -0.15) is 0 Å². The zero-order valence-corrected chi connectivity index (χ0v) is 21.2. The summed E-state index contributed by atoms with van der Waals surface area (Å²) in [6.45, 7) is 7.63. The number of primary amides is 2. The molecular formula is C25H41N5O5. The van der Waals surface area contributed by atoms with Crippen LogP contribution >= 0.6 is 0 Å². The number of aliphatic hydroxyl groups is 1. The Bertz CT molecular complexity index is 874. The van der Waals surface area contributed by atoms with Crippen molar-refractivity contribution < 1.29 is 24.3 Å². The van der Waals surface area contributed by atoms with Crippen molar-refractivity contribution in [3.05, 3.63) is 29.3 Å². The monoisotopic (exact) mass is 491 g/mol. The molecule has 35 heavy (non-hydrogen) atoms. The van der Waals surface area contributed by atoms with Crippen LogP contribution in [-0.4, -0.2) is 41.4 Å². The smallest absolute Gasteiger partial charge is 0.312 e. The molecule has 196 valence electrons. The highest BCUT2D eigenvalue weighted by Crippen LogP contribution is 2.26. The maximum Gasteiger partial charge on any atom is 0.312 e. The number of nitrogens with two attached hydrogens (primary N) is 2. The van der Waals surface area contributed by atoms with Gasteiger partial charge in [-0.15, -0.1) is 0 Å². The van der Waals surface area contributed by atoms with Gasteiger partial charge >= 0.3 is 6.03 Å². The van der Waals surface area contributed by atoms with Gasteiger partial charge in [0.15, 0.2) is 0 Å². The van der Waals surface area contributed by atoms with Crippen LogP contribution in [0.2, 0.25) is 0 Å². The SMILES string of the molecule is CCCCC(C(N)=O)[C@@H](C(=O)N[C@@H](CCCNC(N)=O)C(=O)Nc1ccc(CO)cc1C)C(C)C. The quantitative estimate of drug-likeness (QED) is 0.205. The number of unbranched alkanes of at least 4 members (excludes halogenated alkanes) is 1. The van der Waals surface area contributed by atoms with Gasteiger partial charge < -0.3 is 32.5 Å². The first-order chi connectivity index (χ1) is 16.5. The van der Waals surface area contributed by atoms with E-state index in [0.29, 0.717) is 24.1 Å². The van der Waals surface area contributed by atoms with E-state index in [0.717, 1.165) is 18.4 Å². The molecule has 0 aliphatic rings. The third-order valence-corrected chi connectivity index (χ3v) is 6.02. The standard InChI is InChI=1S/C25H41N5O5/c1-5-6-8-18(22(26)32)21(15(2)3)24(34)30-20(9-7-12-28-25(27)35)23(33)29-19-11-10-17(14-31)13-16(19)4/h10-11,13,15,18,20-21,31H,5-9,12,14H2,1-4H3,(H2,26,32)(H,29,33)(H,30,34)(H3,27,28,35)/t18?,20-,21-/m0/s1. The van der Waals surface area contributed by atoms with Gasteiger partial charge in [-0.1, -0.05) is 45.7 Å². The predicted molar refractivity (Wildman–Crippen MR) is 135 cm³/mol. The van der Waals surface area contributed by atoms with Crippen molar-refractivity contribution >= 4 is 29.4 Å². The number of rotatable bonds is 15. The molecule has 0 bridgehead atoms. The van der Waals surface area contributed by atoms with Gasteiger partial charge in [0.2, 0.25) is 17.7 Å². The molecular weight excluding hydrogens is 450 g/mol.